The van der Waals surface area contributed by atoms with Crippen LogP contribution in [0.1, 0.15) is 19.3 Å². The molecule has 3 saturated heterocycles. The molecule has 1 spiro atoms. The Balaban J connectivity index is 1.25. The Morgan fingerprint density at radius 3 is 2.60 bits per heavy atom. The molecule has 0 aromatic carbocycles. The highest BCUT2D eigenvalue weighted by molar-refractivity contribution is 5.77. The maximum absolute atomic E-state index is 12.3. The topological polar surface area (TPSA) is 61.8 Å². The van der Waals surface area contributed by atoms with Crippen LogP contribution >= 0.6 is 0 Å². The zero-order chi connectivity index (χ0) is 17.1. The van der Waals surface area contributed by atoms with E-state index in [1.807, 2.05) is 6.07 Å². The zero-order valence-electron chi connectivity index (χ0n) is 14.8. The lowest BCUT2D eigenvalue weighted by molar-refractivity contribution is -0.137. The fraction of sp³-hybridized carbons (Fsp3) is 0.722. The van der Waals surface area contributed by atoms with Gasteiger partial charge in [-0.25, -0.2) is 9.97 Å². The Bertz CT molecular complexity index is 582. The van der Waals surface area contributed by atoms with Crippen molar-refractivity contribution in [3.63, 3.8) is 0 Å². The van der Waals surface area contributed by atoms with Crippen molar-refractivity contribution in [2.24, 2.45) is 5.41 Å². The van der Waals surface area contributed by atoms with Crippen LogP contribution in [0.2, 0.25) is 0 Å². The summed E-state index contributed by atoms with van der Waals surface area (Å²) in [6.45, 7) is 8.21. The average molecular weight is 345 g/mol. The van der Waals surface area contributed by atoms with Crippen LogP contribution in [0, 0.1) is 5.41 Å². The lowest BCUT2D eigenvalue weighted by atomic mass is 9.79. The van der Waals surface area contributed by atoms with E-state index in [0.717, 1.165) is 77.8 Å². The molecule has 7 nitrogen and oxygen atoms in total. The maximum Gasteiger partial charge on any atom is 0.225 e. The van der Waals surface area contributed by atoms with Crippen molar-refractivity contribution in [2.45, 2.75) is 19.3 Å². The molecule has 0 radical (unpaired) electrons. The molecule has 0 N–H and O–H groups in total. The standard InChI is InChI=1S/C18H27N5O2/c24-16-2-3-18(4-13-25-15-18)14-23(16)12-9-21-7-10-22(11-8-21)17-19-5-1-6-20-17/h1,5-6H,2-4,7-15H2. The van der Waals surface area contributed by atoms with Gasteiger partial charge in [0.1, 0.15) is 0 Å². The summed E-state index contributed by atoms with van der Waals surface area (Å²) < 4.78 is 5.60. The summed E-state index contributed by atoms with van der Waals surface area (Å²) in [4.78, 5) is 27.7. The maximum atomic E-state index is 12.3. The molecule has 1 aromatic rings. The largest absolute Gasteiger partial charge is 0.381 e. The van der Waals surface area contributed by atoms with Gasteiger partial charge in [-0.3, -0.25) is 9.69 Å². The van der Waals surface area contributed by atoms with Crippen LogP contribution < -0.4 is 4.90 Å². The Hall–Kier alpha value is -1.73. The molecule has 3 fully saturated rings. The van der Waals surface area contributed by atoms with Gasteiger partial charge < -0.3 is 14.5 Å². The second-order valence-corrected chi connectivity index (χ2v) is 7.50. The molecule has 0 saturated carbocycles. The van der Waals surface area contributed by atoms with Crippen molar-refractivity contribution in [3.8, 4) is 0 Å². The molecule has 0 aliphatic carbocycles. The minimum atomic E-state index is 0.233. The van der Waals surface area contributed by atoms with Crippen LogP contribution in [0.4, 0.5) is 5.95 Å². The molecular weight excluding hydrogens is 318 g/mol. The number of amides is 1. The van der Waals surface area contributed by atoms with Crippen molar-refractivity contribution < 1.29 is 9.53 Å². The van der Waals surface area contributed by atoms with E-state index in [1.165, 1.54) is 0 Å². The predicted octanol–water partition coefficient (Wildman–Crippen LogP) is 0.628. The predicted molar refractivity (Wildman–Crippen MR) is 94.4 cm³/mol. The first-order valence-electron chi connectivity index (χ1n) is 9.34. The SMILES string of the molecule is O=C1CCC2(CCOC2)CN1CCN1CCN(c2ncccn2)CC1. The second kappa shape index (κ2) is 7.25. The molecule has 4 heterocycles. The average Bonchev–Trinajstić information content (AvgIpc) is 3.12. The van der Waals surface area contributed by atoms with Gasteiger partial charge in [0.15, 0.2) is 0 Å². The second-order valence-electron chi connectivity index (χ2n) is 7.50. The molecule has 1 unspecified atom stereocenters. The van der Waals surface area contributed by atoms with Crippen LogP contribution in [-0.2, 0) is 9.53 Å². The van der Waals surface area contributed by atoms with Crippen LogP contribution in [-0.4, -0.2) is 84.7 Å². The highest BCUT2D eigenvalue weighted by Crippen LogP contribution is 2.37. The molecule has 25 heavy (non-hydrogen) atoms. The van der Waals surface area contributed by atoms with Gasteiger partial charge in [-0.05, 0) is 18.9 Å². The van der Waals surface area contributed by atoms with Crippen LogP contribution in [0.25, 0.3) is 0 Å². The number of nitrogens with zero attached hydrogens (tertiary/aromatic N) is 5. The number of carbonyl (C=O) groups is 1. The molecule has 3 aliphatic heterocycles. The van der Waals surface area contributed by atoms with Crippen LogP contribution in [0.3, 0.4) is 0 Å². The van der Waals surface area contributed by atoms with Gasteiger partial charge in [0.25, 0.3) is 0 Å². The van der Waals surface area contributed by atoms with Gasteiger partial charge in [-0.2, -0.15) is 0 Å². The lowest BCUT2D eigenvalue weighted by Crippen LogP contribution is -2.52. The molecule has 7 heteroatoms. The van der Waals surface area contributed by atoms with Crippen molar-refractivity contribution >= 4 is 11.9 Å². The lowest BCUT2D eigenvalue weighted by Gasteiger charge is -2.41. The van der Waals surface area contributed by atoms with Gasteiger partial charge in [0, 0.05) is 76.6 Å². The number of hydrogen-bond acceptors (Lipinski definition) is 6. The summed E-state index contributed by atoms with van der Waals surface area (Å²) in [6.07, 6.45) is 6.37. The number of carbonyl (C=O) groups excluding carboxylic acids is 1. The van der Waals surface area contributed by atoms with Gasteiger partial charge in [0.2, 0.25) is 11.9 Å². The van der Waals surface area contributed by atoms with E-state index in [2.05, 4.69) is 24.7 Å². The summed E-state index contributed by atoms with van der Waals surface area (Å²) in [5.41, 5.74) is 0.233. The number of piperidine rings is 1. The normalized spacial score (nSPS) is 28.1. The first kappa shape index (κ1) is 16.7. The third-order valence-electron chi connectivity index (χ3n) is 5.83. The van der Waals surface area contributed by atoms with Crippen LogP contribution in [0.15, 0.2) is 18.5 Å². The molecule has 1 amide bonds. The van der Waals surface area contributed by atoms with E-state index in [9.17, 15) is 4.79 Å². The van der Waals surface area contributed by atoms with Crippen molar-refractivity contribution in [1.29, 1.82) is 0 Å². The fourth-order valence-electron chi connectivity index (χ4n) is 4.17. The summed E-state index contributed by atoms with van der Waals surface area (Å²) in [6, 6.07) is 1.84. The van der Waals surface area contributed by atoms with E-state index in [0.29, 0.717) is 12.3 Å². The number of rotatable bonds is 4. The van der Waals surface area contributed by atoms with Crippen LogP contribution in [0.5, 0.6) is 0 Å². The molecule has 1 atom stereocenters. The number of likely N-dealkylation sites (tertiary alicyclic amines) is 1. The molecule has 4 rings (SSSR count). The number of hydrogen-bond donors (Lipinski definition) is 0. The van der Waals surface area contributed by atoms with Gasteiger partial charge in [-0.1, -0.05) is 0 Å². The highest BCUT2D eigenvalue weighted by atomic mass is 16.5. The van der Waals surface area contributed by atoms with Gasteiger partial charge in [0.05, 0.1) is 6.61 Å². The molecule has 3 aliphatic rings. The van der Waals surface area contributed by atoms with Gasteiger partial charge >= 0.3 is 0 Å². The van der Waals surface area contributed by atoms with Gasteiger partial charge in [-0.15, -0.1) is 0 Å². The molecule has 1 aromatic heterocycles. The summed E-state index contributed by atoms with van der Waals surface area (Å²) in [5, 5.41) is 0. The molecular formula is C18H27N5O2. The highest BCUT2D eigenvalue weighted by Gasteiger charge is 2.41. The van der Waals surface area contributed by atoms with Crippen molar-refractivity contribution in [3.05, 3.63) is 18.5 Å². The number of aromatic nitrogens is 2. The van der Waals surface area contributed by atoms with E-state index >= 15 is 0 Å². The quantitative estimate of drug-likeness (QED) is 0.798. The fourth-order valence-corrected chi connectivity index (χ4v) is 4.17. The number of ether oxygens (including phenoxy) is 1. The van der Waals surface area contributed by atoms with E-state index in [-0.39, 0.29) is 5.41 Å². The Morgan fingerprint density at radius 2 is 1.88 bits per heavy atom. The zero-order valence-corrected chi connectivity index (χ0v) is 14.8. The summed E-state index contributed by atoms with van der Waals surface area (Å²) >= 11 is 0. The Kier molecular flexibility index (Phi) is 4.85. The first-order chi connectivity index (χ1) is 12.2. The Morgan fingerprint density at radius 1 is 1.08 bits per heavy atom. The summed E-state index contributed by atoms with van der Waals surface area (Å²) in [5.74, 6) is 1.13. The van der Waals surface area contributed by atoms with Crippen molar-refractivity contribution in [1.82, 2.24) is 19.8 Å². The molecule has 136 valence electrons. The minimum Gasteiger partial charge on any atom is -0.381 e. The minimum absolute atomic E-state index is 0.233. The third-order valence-corrected chi connectivity index (χ3v) is 5.83. The Labute approximate surface area is 149 Å². The third kappa shape index (κ3) is 3.77. The van der Waals surface area contributed by atoms with E-state index < -0.39 is 0 Å². The smallest absolute Gasteiger partial charge is 0.225 e. The monoisotopic (exact) mass is 345 g/mol. The first-order valence-corrected chi connectivity index (χ1v) is 9.34. The number of piperazine rings is 1. The number of anilines is 1. The summed E-state index contributed by atoms with van der Waals surface area (Å²) in [7, 11) is 0. The molecule has 0 bridgehead atoms. The van der Waals surface area contributed by atoms with E-state index in [1.54, 1.807) is 12.4 Å². The van der Waals surface area contributed by atoms with E-state index in [4.69, 9.17) is 4.74 Å². The van der Waals surface area contributed by atoms with Crippen molar-refractivity contribution in [2.75, 3.05) is 63.9 Å².